The van der Waals surface area contributed by atoms with E-state index >= 15 is 0 Å². The molecule has 0 aliphatic carbocycles. The highest BCUT2D eigenvalue weighted by molar-refractivity contribution is 5.77. The van der Waals surface area contributed by atoms with Gasteiger partial charge in [0.25, 0.3) is 0 Å². The maximum absolute atomic E-state index is 11.7. The first-order valence-electron chi connectivity index (χ1n) is 9.06. The van der Waals surface area contributed by atoms with Crippen molar-refractivity contribution in [2.75, 3.05) is 10.6 Å². The fourth-order valence-corrected chi connectivity index (χ4v) is 2.78. The molecule has 144 valence electrons. The van der Waals surface area contributed by atoms with Crippen molar-refractivity contribution in [1.82, 2.24) is 9.97 Å². The number of hydrogen-bond acceptors (Lipinski definition) is 6. The van der Waals surface area contributed by atoms with Gasteiger partial charge < -0.3 is 10.6 Å². The summed E-state index contributed by atoms with van der Waals surface area (Å²) < 4.78 is 0. The second kappa shape index (κ2) is 8.04. The average molecular weight is 377 g/mol. The number of nitrogens with zero attached hydrogens (tertiary/aromatic N) is 3. The Hall–Kier alpha value is -3.48. The van der Waals surface area contributed by atoms with E-state index in [0.717, 1.165) is 22.5 Å². The minimum absolute atomic E-state index is 0.142. The summed E-state index contributed by atoms with van der Waals surface area (Å²) in [4.78, 5) is 19.4. The molecular formula is C21H23N5O2. The number of hydrogen-bond donors (Lipinski definition) is 2. The summed E-state index contributed by atoms with van der Waals surface area (Å²) in [7, 11) is 0. The van der Waals surface area contributed by atoms with Crippen molar-refractivity contribution < 1.29 is 4.92 Å². The van der Waals surface area contributed by atoms with Crippen molar-refractivity contribution in [2.24, 2.45) is 0 Å². The highest BCUT2D eigenvalue weighted by atomic mass is 16.6. The van der Waals surface area contributed by atoms with Gasteiger partial charge >= 0.3 is 5.69 Å². The summed E-state index contributed by atoms with van der Waals surface area (Å²) >= 11 is 0. The van der Waals surface area contributed by atoms with Crippen LogP contribution in [0, 0.1) is 24.0 Å². The fraction of sp³-hybridized carbons (Fsp3) is 0.238. The van der Waals surface area contributed by atoms with Crippen LogP contribution >= 0.6 is 0 Å². The van der Waals surface area contributed by atoms with Crippen molar-refractivity contribution in [3.63, 3.8) is 0 Å². The lowest BCUT2D eigenvalue weighted by Crippen LogP contribution is -2.05. The van der Waals surface area contributed by atoms with Crippen LogP contribution in [0.2, 0.25) is 0 Å². The van der Waals surface area contributed by atoms with Crippen molar-refractivity contribution in [2.45, 2.75) is 33.6 Å². The molecule has 0 unspecified atom stereocenters. The highest BCUT2D eigenvalue weighted by Crippen LogP contribution is 2.33. The molecule has 1 aromatic heterocycles. The summed E-state index contributed by atoms with van der Waals surface area (Å²) in [5.41, 5.74) is 4.69. The predicted octanol–water partition coefficient (Wildman–Crippen LogP) is 5.61. The second-order valence-corrected chi connectivity index (χ2v) is 7.00. The number of nitro groups is 1. The Bertz CT molecular complexity index is 1000. The highest BCUT2D eigenvalue weighted by Gasteiger charge is 2.23. The van der Waals surface area contributed by atoms with E-state index in [2.05, 4.69) is 34.4 Å². The van der Waals surface area contributed by atoms with Crippen LogP contribution in [0.25, 0.3) is 0 Å². The molecule has 3 aromatic rings. The van der Waals surface area contributed by atoms with Crippen LogP contribution < -0.4 is 10.6 Å². The number of rotatable bonds is 6. The van der Waals surface area contributed by atoms with Gasteiger partial charge in [-0.25, -0.2) is 9.97 Å². The maximum atomic E-state index is 11.7. The average Bonchev–Trinajstić information content (AvgIpc) is 2.65. The molecule has 0 atom stereocenters. The maximum Gasteiger partial charge on any atom is 0.353 e. The summed E-state index contributed by atoms with van der Waals surface area (Å²) in [6, 6.07) is 13.5. The zero-order valence-corrected chi connectivity index (χ0v) is 16.4. The quantitative estimate of drug-likeness (QED) is 0.428. The van der Waals surface area contributed by atoms with E-state index in [1.165, 1.54) is 11.9 Å². The molecule has 2 N–H and O–H groups in total. The summed E-state index contributed by atoms with van der Waals surface area (Å²) in [5.74, 6) is 0.699. The number of aryl methyl sites for hydroxylation is 2. The lowest BCUT2D eigenvalue weighted by atomic mass is 10.0. The molecule has 0 saturated carbocycles. The minimum Gasteiger partial charge on any atom is -0.334 e. The first kappa shape index (κ1) is 19.3. The van der Waals surface area contributed by atoms with Gasteiger partial charge in [0.05, 0.1) is 4.92 Å². The SMILES string of the molecule is Cc1ccc(Nc2ncnc(Nc3ccc(C(C)C)cc3)c2[N+](=O)[O-])cc1C. The third kappa shape index (κ3) is 4.25. The molecule has 0 saturated heterocycles. The standard InChI is InChI=1S/C21H23N5O2/c1-13(2)16-6-9-17(10-7-16)24-20-19(26(27)28)21(23-12-22-20)25-18-8-5-14(3)15(4)11-18/h5-13H,1-4H3,(H2,22,23,24,25). The molecule has 7 nitrogen and oxygen atoms in total. The molecule has 0 fully saturated rings. The van der Waals surface area contributed by atoms with Crippen molar-refractivity contribution in [1.29, 1.82) is 0 Å². The van der Waals surface area contributed by atoms with Crippen molar-refractivity contribution in [3.8, 4) is 0 Å². The smallest absolute Gasteiger partial charge is 0.334 e. The fourth-order valence-electron chi connectivity index (χ4n) is 2.78. The van der Waals surface area contributed by atoms with E-state index < -0.39 is 4.92 Å². The van der Waals surface area contributed by atoms with Crippen molar-refractivity contribution in [3.05, 3.63) is 75.6 Å². The van der Waals surface area contributed by atoms with E-state index in [1.54, 1.807) is 0 Å². The number of benzene rings is 2. The van der Waals surface area contributed by atoms with Crippen LogP contribution in [0.5, 0.6) is 0 Å². The van der Waals surface area contributed by atoms with Gasteiger partial charge in [0.1, 0.15) is 6.33 Å². The largest absolute Gasteiger partial charge is 0.353 e. The zero-order chi connectivity index (χ0) is 20.3. The zero-order valence-electron chi connectivity index (χ0n) is 16.4. The lowest BCUT2D eigenvalue weighted by Gasteiger charge is -2.12. The Morgan fingerprint density at radius 2 is 1.46 bits per heavy atom. The van der Waals surface area contributed by atoms with Gasteiger partial charge in [0.2, 0.25) is 11.6 Å². The number of nitrogens with one attached hydrogen (secondary N) is 2. The summed E-state index contributed by atoms with van der Waals surface area (Å²) in [6.45, 7) is 8.23. The molecule has 0 aliphatic rings. The summed E-state index contributed by atoms with van der Waals surface area (Å²) in [6.07, 6.45) is 1.31. The van der Waals surface area contributed by atoms with Gasteiger partial charge in [-0.1, -0.05) is 32.0 Å². The predicted molar refractivity (Wildman–Crippen MR) is 112 cm³/mol. The van der Waals surface area contributed by atoms with Crippen LogP contribution in [0.1, 0.15) is 36.5 Å². The first-order valence-corrected chi connectivity index (χ1v) is 9.06. The van der Waals surface area contributed by atoms with Crippen LogP contribution in [0.15, 0.2) is 48.8 Å². The third-order valence-electron chi connectivity index (χ3n) is 4.61. The number of anilines is 4. The molecular weight excluding hydrogens is 354 g/mol. The molecule has 28 heavy (non-hydrogen) atoms. The van der Waals surface area contributed by atoms with Gasteiger partial charge in [-0.2, -0.15) is 0 Å². The Morgan fingerprint density at radius 3 is 2.00 bits per heavy atom. The Kier molecular flexibility index (Phi) is 5.54. The van der Waals surface area contributed by atoms with Gasteiger partial charge in [0.15, 0.2) is 0 Å². The molecule has 0 bridgehead atoms. The number of aromatic nitrogens is 2. The van der Waals surface area contributed by atoms with E-state index in [9.17, 15) is 10.1 Å². The van der Waals surface area contributed by atoms with Gasteiger partial charge in [-0.05, 0) is 60.7 Å². The second-order valence-electron chi connectivity index (χ2n) is 7.00. The first-order chi connectivity index (χ1) is 13.3. The monoisotopic (exact) mass is 377 g/mol. The van der Waals surface area contributed by atoms with E-state index in [-0.39, 0.29) is 17.3 Å². The van der Waals surface area contributed by atoms with Gasteiger partial charge in [-0.3, -0.25) is 10.1 Å². The molecule has 0 spiro atoms. The van der Waals surface area contributed by atoms with Crippen LogP contribution in [-0.4, -0.2) is 14.9 Å². The van der Waals surface area contributed by atoms with E-state index in [0.29, 0.717) is 5.92 Å². The molecule has 0 aliphatic heterocycles. The van der Waals surface area contributed by atoms with Gasteiger partial charge in [-0.15, -0.1) is 0 Å². The molecule has 3 rings (SSSR count). The normalized spacial score (nSPS) is 10.8. The van der Waals surface area contributed by atoms with Crippen LogP contribution in [0.3, 0.4) is 0 Å². The third-order valence-corrected chi connectivity index (χ3v) is 4.61. The molecule has 0 amide bonds. The van der Waals surface area contributed by atoms with Gasteiger partial charge in [0, 0.05) is 11.4 Å². The molecule has 1 heterocycles. The molecule has 2 aromatic carbocycles. The molecule has 0 radical (unpaired) electrons. The lowest BCUT2D eigenvalue weighted by molar-refractivity contribution is -0.383. The van der Waals surface area contributed by atoms with Crippen LogP contribution in [-0.2, 0) is 0 Å². The van der Waals surface area contributed by atoms with E-state index in [1.807, 2.05) is 56.3 Å². The van der Waals surface area contributed by atoms with E-state index in [4.69, 9.17) is 0 Å². The Morgan fingerprint density at radius 1 is 0.893 bits per heavy atom. The van der Waals surface area contributed by atoms with Crippen molar-refractivity contribution >= 4 is 28.7 Å². The Balaban J connectivity index is 1.92. The molecule has 7 heteroatoms. The topological polar surface area (TPSA) is 93.0 Å². The summed E-state index contributed by atoms with van der Waals surface area (Å²) in [5, 5.41) is 17.8. The Labute approximate surface area is 164 Å². The minimum atomic E-state index is -0.478. The van der Waals surface area contributed by atoms with Crippen LogP contribution in [0.4, 0.5) is 28.7 Å².